The third-order valence-corrected chi connectivity index (χ3v) is 6.81. The molecule has 0 aliphatic carbocycles. The second kappa shape index (κ2) is 9.89. The molecule has 0 bridgehead atoms. The molecule has 4 rings (SSSR count). The molecule has 3 amide bonds. The van der Waals surface area contributed by atoms with Gasteiger partial charge in [-0.15, -0.1) is 23.1 Å². The van der Waals surface area contributed by atoms with Crippen molar-refractivity contribution in [3.8, 4) is 6.07 Å². The van der Waals surface area contributed by atoms with Crippen molar-refractivity contribution < 1.29 is 18.8 Å². The number of hydrogen-bond donors (Lipinski definition) is 2. The fraction of sp³-hybridized carbons (Fsp3) is 0.227. The number of thioether (sulfide) groups is 1. The molecule has 1 fully saturated rings. The van der Waals surface area contributed by atoms with Crippen molar-refractivity contribution in [2.45, 2.75) is 19.4 Å². The van der Waals surface area contributed by atoms with Crippen molar-refractivity contribution in [3.05, 3.63) is 64.6 Å². The summed E-state index contributed by atoms with van der Waals surface area (Å²) in [5, 5.41) is 16.5. The van der Waals surface area contributed by atoms with Crippen molar-refractivity contribution >= 4 is 51.6 Å². The Bertz CT molecular complexity index is 1230. The molecule has 11 heteroatoms. The highest BCUT2D eigenvalue weighted by atomic mass is 32.2. The fourth-order valence-corrected chi connectivity index (χ4v) is 5.13. The van der Waals surface area contributed by atoms with Gasteiger partial charge in [-0.3, -0.25) is 19.7 Å². The maximum Gasteiger partial charge on any atom is 0.260 e. The van der Waals surface area contributed by atoms with Crippen LogP contribution in [-0.2, 0) is 16.0 Å². The van der Waals surface area contributed by atoms with Crippen molar-refractivity contribution in [1.29, 1.82) is 5.26 Å². The standard InChI is InChI=1S/C22H19N5O4S2/c1-13-17(6-7-31-13)20(29)26-22-25-16(10-33-22)8-19(28)27-12-32-11-18(27)21(30)24-15-4-2-14(9-23)3-5-15/h2-7,10,18H,8,11-12H2,1H3,(H,24,30)(H,25,26,29). The number of furan rings is 1. The monoisotopic (exact) mass is 481 g/mol. The molecule has 1 aromatic carbocycles. The lowest BCUT2D eigenvalue weighted by molar-refractivity contribution is -0.135. The van der Waals surface area contributed by atoms with Gasteiger partial charge in [-0.25, -0.2) is 4.98 Å². The minimum atomic E-state index is -0.597. The number of aromatic nitrogens is 1. The van der Waals surface area contributed by atoms with Gasteiger partial charge in [0.2, 0.25) is 11.8 Å². The van der Waals surface area contributed by atoms with Gasteiger partial charge in [0.15, 0.2) is 5.13 Å². The maximum atomic E-state index is 12.9. The molecule has 0 spiro atoms. The first-order chi connectivity index (χ1) is 15.9. The Hall–Kier alpha value is -3.62. The fourth-order valence-electron chi connectivity index (χ4n) is 3.25. The minimum Gasteiger partial charge on any atom is -0.469 e. The van der Waals surface area contributed by atoms with Gasteiger partial charge in [-0.2, -0.15) is 5.26 Å². The largest absolute Gasteiger partial charge is 0.469 e. The number of hydrogen-bond acceptors (Lipinski definition) is 8. The van der Waals surface area contributed by atoms with Crippen LogP contribution in [0.1, 0.15) is 27.4 Å². The van der Waals surface area contributed by atoms with Crippen LogP contribution in [0.5, 0.6) is 0 Å². The molecule has 3 heterocycles. The van der Waals surface area contributed by atoms with Crippen LogP contribution in [0.3, 0.4) is 0 Å². The molecular formula is C22H19N5O4S2. The van der Waals surface area contributed by atoms with Crippen molar-refractivity contribution in [2.24, 2.45) is 0 Å². The first-order valence-corrected chi connectivity index (χ1v) is 12.0. The van der Waals surface area contributed by atoms with Crippen LogP contribution in [-0.4, -0.2) is 45.3 Å². The van der Waals surface area contributed by atoms with E-state index in [0.29, 0.717) is 45.0 Å². The van der Waals surface area contributed by atoms with Gasteiger partial charge < -0.3 is 14.6 Å². The molecule has 1 unspecified atom stereocenters. The molecule has 1 atom stereocenters. The van der Waals surface area contributed by atoms with E-state index in [1.165, 1.54) is 34.3 Å². The Labute approximate surface area is 197 Å². The number of benzene rings is 1. The Morgan fingerprint density at radius 1 is 1.24 bits per heavy atom. The highest BCUT2D eigenvalue weighted by Gasteiger charge is 2.34. The van der Waals surface area contributed by atoms with E-state index in [1.807, 2.05) is 6.07 Å². The van der Waals surface area contributed by atoms with Crippen LogP contribution in [0, 0.1) is 18.3 Å². The zero-order chi connectivity index (χ0) is 23.4. The Morgan fingerprint density at radius 3 is 2.73 bits per heavy atom. The van der Waals surface area contributed by atoms with E-state index in [0.717, 1.165) is 0 Å². The summed E-state index contributed by atoms with van der Waals surface area (Å²) in [5.41, 5.74) is 2.01. The predicted octanol–water partition coefficient (Wildman–Crippen LogP) is 3.25. The summed E-state index contributed by atoms with van der Waals surface area (Å²) in [6.07, 6.45) is 1.47. The van der Waals surface area contributed by atoms with Gasteiger partial charge in [-0.1, -0.05) is 0 Å². The number of aryl methyl sites for hydroxylation is 1. The topological polar surface area (TPSA) is 128 Å². The number of carbonyl (C=O) groups excluding carboxylic acids is 3. The van der Waals surface area contributed by atoms with E-state index >= 15 is 0 Å². The molecule has 33 heavy (non-hydrogen) atoms. The second-order valence-corrected chi connectivity index (χ2v) is 9.08. The molecule has 2 N–H and O–H groups in total. The molecule has 168 valence electrons. The maximum absolute atomic E-state index is 12.9. The molecule has 9 nitrogen and oxygen atoms in total. The second-order valence-electron chi connectivity index (χ2n) is 7.22. The smallest absolute Gasteiger partial charge is 0.260 e. The Morgan fingerprint density at radius 2 is 2.03 bits per heavy atom. The Kier molecular flexibility index (Phi) is 6.76. The van der Waals surface area contributed by atoms with Crippen molar-refractivity contribution in [3.63, 3.8) is 0 Å². The summed E-state index contributed by atoms with van der Waals surface area (Å²) in [7, 11) is 0. The molecule has 0 radical (unpaired) electrons. The molecule has 1 saturated heterocycles. The van der Waals surface area contributed by atoms with Gasteiger partial charge in [0.1, 0.15) is 11.8 Å². The van der Waals surface area contributed by atoms with Crippen LogP contribution in [0.15, 0.2) is 46.4 Å². The highest BCUT2D eigenvalue weighted by molar-refractivity contribution is 7.99. The number of anilines is 2. The number of thiazole rings is 1. The zero-order valence-corrected chi connectivity index (χ0v) is 19.2. The van der Waals surface area contributed by atoms with Crippen LogP contribution in [0.25, 0.3) is 0 Å². The molecule has 1 aliphatic rings. The quantitative estimate of drug-likeness (QED) is 0.553. The van der Waals surface area contributed by atoms with Gasteiger partial charge in [0.25, 0.3) is 5.91 Å². The van der Waals surface area contributed by atoms with E-state index in [4.69, 9.17) is 9.68 Å². The number of carbonyl (C=O) groups is 3. The summed E-state index contributed by atoms with van der Waals surface area (Å²) in [4.78, 5) is 43.8. The normalized spacial score (nSPS) is 15.2. The van der Waals surface area contributed by atoms with Crippen LogP contribution in [0.4, 0.5) is 10.8 Å². The first kappa shape index (κ1) is 22.6. The number of nitriles is 1. The lowest BCUT2D eigenvalue weighted by atomic mass is 10.2. The average molecular weight is 482 g/mol. The first-order valence-electron chi connectivity index (χ1n) is 9.92. The van der Waals surface area contributed by atoms with Gasteiger partial charge in [0.05, 0.1) is 41.5 Å². The van der Waals surface area contributed by atoms with E-state index in [2.05, 4.69) is 15.6 Å². The van der Waals surface area contributed by atoms with E-state index < -0.39 is 6.04 Å². The molecule has 1 aliphatic heterocycles. The van der Waals surface area contributed by atoms with Crippen molar-refractivity contribution in [2.75, 3.05) is 22.3 Å². The third kappa shape index (κ3) is 5.24. The molecule has 3 aromatic rings. The molecular weight excluding hydrogens is 462 g/mol. The zero-order valence-electron chi connectivity index (χ0n) is 17.5. The summed E-state index contributed by atoms with van der Waals surface area (Å²) >= 11 is 2.73. The summed E-state index contributed by atoms with van der Waals surface area (Å²) in [6.45, 7) is 1.70. The summed E-state index contributed by atoms with van der Waals surface area (Å²) in [6, 6.07) is 9.56. The number of nitrogens with zero attached hydrogens (tertiary/aromatic N) is 3. The minimum absolute atomic E-state index is 0.0261. The van der Waals surface area contributed by atoms with E-state index in [9.17, 15) is 14.4 Å². The van der Waals surface area contributed by atoms with Crippen LogP contribution < -0.4 is 10.6 Å². The summed E-state index contributed by atoms with van der Waals surface area (Å²) < 4.78 is 5.14. The Balaban J connectivity index is 1.35. The van der Waals surface area contributed by atoms with E-state index in [1.54, 1.807) is 42.6 Å². The third-order valence-electron chi connectivity index (χ3n) is 4.99. The lowest BCUT2D eigenvalue weighted by Crippen LogP contribution is -2.45. The predicted molar refractivity (Wildman–Crippen MR) is 125 cm³/mol. The number of amides is 3. The van der Waals surface area contributed by atoms with Crippen LogP contribution >= 0.6 is 23.1 Å². The average Bonchev–Trinajstić information content (AvgIpc) is 3.55. The highest BCUT2D eigenvalue weighted by Crippen LogP contribution is 2.25. The number of rotatable bonds is 6. The van der Waals surface area contributed by atoms with Gasteiger partial charge >= 0.3 is 0 Å². The molecule has 0 saturated carbocycles. The van der Waals surface area contributed by atoms with Gasteiger partial charge in [-0.05, 0) is 37.3 Å². The van der Waals surface area contributed by atoms with Crippen LogP contribution in [0.2, 0.25) is 0 Å². The summed E-state index contributed by atoms with van der Waals surface area (Å²) in [5.74, 6) is 0.600. The lowest BCUT2D eigenvalue weighted by Gasteiger charge is -2.22. The SMILES string of the molecule is Cc1occc1C(=O)Nc1nc(CC(=O)N2CSCC2C(=O)Nc2ccc(C#N)cc2)cs1. The number of nitrogens with one attached hydrogen (secondary N) is 2. The van der Waals surface area contributed by atoms with E-state index in [-0.39, 0.29) is 24.1 Å². The van der Waals surface area contributed by atoms with Crippen molar-refractivity contribution in [1.82, 2.24) is 9.88 Å². The molecule has 2 aromatic heterocycles. The van der Waals surface area contributed by atoms with Gasteiger partial charge in [0, 0.05) is 16.8 Å².